The smallest absolute Gasteiger partial charge is 0.0758 e. The standard InChI is InChI=1S/C11H15NS2/c1-8-4-6-9(7-5-8)10(11(13)14)12(2)3/h4-7,10H,1-3H3,(H,13,14). The van der Waals surface area contributed by atoms with E-state index in [9.17, 15) is 0 Å². The topological polar surface area (TPSA) is 3.24 Å². The Balaban J connectivity index is 3.00. The highest BCUT2D eigenvalue weighted by Crippen LogP contribution is 2.22. The van der Waals surface area contributed by atoms with Crippen LogP contribution in [-0.4, -0.2) is 23.2 Å². The van der Waals surface area contributed by atoms with E-state index in [1.807, 2.05) is 14.1 Å². The average molecular weight is 225 g/mol. The molecule has 3 heteroatoms. The molecule has 1 rings (SSSR count). The van der Waals surface area contributed by atoms with Gasteiger partial charge in [-0.15, -0.1) is 12.6 Å². The summed E-state index contributed by atoms with van der Waals surface area (Å²) in [5, 5.41) is 0. The molecule has 0 radical (unpaired) electrons. The van der Waals surface area contributed by atoms with Gasteiger partial charge in [-0.1, -0.05) is 42.0 Å². The van der Waals surface area contributed by atoms with Crippen LogP contribution in [-0.2, 0) is 0 Å². The number of benzene rings is 1. The van der Waals surface area contributed by atoms with Gasteiger partial charge in [0.2, 0.25) is 0 Å². The van der Waals surface area contributed by atoms with Gasteiger partial charge in [-0.05, 0) is 26.6 Å². The van der Waals surface area contributed by atoms with E-state index in [0.29, 0.717) is 4.20 Å². The van der Waals surface area contributed by atoms with Crippen molar-refractivity contribution in [2.45, 2.75) is 13.0 Å². The van der Waals surface area contributed by atoms with Crippen molar-refractivity contribution in [2.75, 3.05) is 14.1 Å². The maximum Gasteiger partial charge on any atom is 0.0758 e. The molecule has 1 aromatic rings. The van der Waals surface area contributed by atoms with Crippen LogP contribution in [0.5, 0.6) is 0 Å². The summed E-state index contributed by atoms with van der Waals surface area (Å²) >= 11 is 9.39. The third kappa shape index (κ3) is 2.80. The Morgan fingerprint density at radius 2 is 1.79 bits per heavy atom. The Hall–Kier alpha value is -0.380. The van der Waals surface area contributed by atoms with E-state index in [0.717, 1.165) is 0 Å². The lowest BCUT2D eigenvalue weighted by molar-refractivity contribution is 0.375. The number of aryl methyl sites for hydroxylation is 1. The van der Waals surface area contributed by atoms with E-state index in [1.165, 1.54) is 11.1 Å². The molecule has 0 aromatic heterocycles. The van der Waals surface area contributed by atoms with Crippen molar-refractivity contribution < 1.29 is 0 Å². The lowest BCUT2D eigenvalue weighted by Gasteiger charge is -2.23. The third-order valence-electron chi connectivity index (χ3n) is 2.14. The lowest BCUT2D eigenvalue weighted by Crippen LogP contribution is -2.23. The van der Waals surface area contributed by atoms with Crippen LogP contribution in [0.2, 0.25) is 0 Å². The van der Waals surface area contributed by atoms with Gasteiger partial charge in [0.15, 0.2) is 0 Å². The molecule has 0 aliphatic rings. The second-order valence-electron chi connectivity index (χ2n) is 3.62. The minimum atomic E-state index is 0.119. The van der Waals surface area contributed by atoms with Crippen molar-refractivity contribution in [2.24, 2.45) is 0 Å². The fraction of sp³-hybridized carbons (Fsp3) is 0.364. The van der Waals surface area contributed by atoms with Gasteiger partial charge in [0.25, 0.3) is 0 Å². The number of rotatable bonds is 3. The van der Waals surface area contributed by atoms with Crippen LogP contribution in [0.15, 0.2) is 24.3 Å². The zero-order valence-electron chi connectivity index (χ0n) is 8.69. The number of nitrogens with zero attached hydrogens (tertiary/aromatic N) is 1. The average Bonchev–Trinajstić information content (AvgIpc) is 2.07. The molecule has 0 aliphatic carbocycles. The Morgan fingerprint density at radius 3 is 2.14 bits per heavy atom. The molecule has 0 heterocycles. The van der Waals surface area contributed by atoms with Gasteiger partial charge in [-0.3, -0.25) is 4.90 Å². The Kier molecular flexibility index (Phi) is 4.11. The van der Waals surface area contributed by atoms with Gasteiger partial charge >= 0.3 is 0 Å². The van der Waals surface area contributed by atoms with Gasteiger partial charge in [0, 0.05) is 0 Å². The molecule has 1 aromatic carbocycles. The first-order valence-corrected chi connectivity index (χ1v) is 5.33. The minimum Gasteiger partial charge on any atom is -0.297 e. The quantitative estimate of drug-likeness (QED) is 0.622. The molecule has 0 bridgehead atoms. The summed E-state index contributed by atoms with van der Waals surface area (Å²) < 4.78 is 0.707. The maximum absolute atomic E-state index is 5.13. The number of hydrogen-bond donors (Lipinski definition) is 1. The second-order valence-corrected chi connectivity index (χ2v) is 4.84. The summed E-state index contributed by atoms with van der Waals surface area (Å²) in [6.07, 6.45) is 0. The van der Waals surface area contributed by atoms with Crippen LogP contribution >= 0.6 is 24.8 Å². The van der Waals surface area contributed by atoms with Crippen LogP contribution in [0.25, 0.3) is 0 Å². The van der Waals surface area contributed by atoms with E-state index in [1.54, 1.807) is 0 Å². The van der Waals surface area contributed by atoms with Crippen LogP contribution < -0.4 is 0 Å². The van der Waals surface area contributed by atoms with Gasteiger partial charge in [0.05, 0.1) is 10.2 Å². The fourth-order valence-electron chi connectivity index (χ4n) is 1.41. The molecule has 14 heavy (non-hydrogen) atoms. The van der Waals surface area contributed by atoms with Crippen molar-refractivity contribution >= 4 is 29.0 Å². The van der Waals surface area contributed by atoms with Crippen LogP contribution in [0.3, 0.4) is 0 Å². The molecule has 0 aliphatic heterocycles. The highest BCUT2D eigenvalue weighted by atomic mass is 32.1. The number of hydrogen-bond acceptors (Lipinski definition) is 2. The molecule has 0 amide bonds. The van der Waals surface area contributed by atoms with Crippen LogP contribution in [0.4, 0.5) is 0 Å². The monoisotopic (exact) mass is 225 g/mol. The van der Waals surface area contributed by atoms with Crippen molar-refractivity contribution in [3.63, 3.8) is 0 Å². The second kappa shape index (κ2) is 4.91. The lowest BCUT2D eigenvalue weighted by atomic mass is 10.1. The van der Waals surface area contributed by atoms with E-state index >= 15 is 0 Å². The summed E-state index contributed by atoms with van der Waals surface area (Å²) in [5.74, 6) is 0. The first-order valence-electron chi connectivity index (χ1n) is 4.48. The summed E-state index contributed by atoms with van der Waals surface area (Å²) in [5.41, 5.74) is 2.46. The molecule has 1 nitrogen and oxygen atoms in total. The van der Waals surface area contributed by atoms with Crippen molar-refractivity contribution in [1.82, 2.24) is 4.90 Å². The maximum atomic E-state index is 5.13. The Labute approximate surface area is 96.5 Å². The molecule has 0 fully saturated rings. The first-order chi connectivity index (χ1) is 6.52. The molecule has 0 saturated heterocycles. The zero-order chi connectivity index (χ0) is 10.7. The Bertz CT molecular complexity index is 317. The van der Waals surface area contributed by atoms with Crippen LogP contribution in [0.1, 0.15) is 17.2 Å². The minimum absolute atomic E-state index is 0.119. The molecule has 0 saturated carbocycles. The highest BCUT2D eigenvalue weighted by Gasteiger charge is 2.15. The molecule has 1 atom stereocenters. The molecular weight excluding hydrogens is 210 g/mol. The summed E-state index contributed by atoms with van der Waals surface area (Å²) in [7, 11) is 4.01. The molecular formula is C11H15NS2. The Morgan fingerprint density at radius 1 is 1.29 bits per heavy atom. The fourth-order valence-corrected chi connectivity index (χ4v) is 2.14. The van der Waals surface area contributed by atoms with Crippen LogP contribution in [0, 0.1) is 6.92 Å². The van der Waals surface area contributed by atoms with Crippen molar-refractivity contribution in [3.05, 3.63) is 35.4 Å². The SMILES string of the molecule is Cc1ccc(C(C(=S)S)N(C)C)cc1. The summed E-state index contributed by atoms with van der Waals surface area (Å²) in [6, 6.07) is 8.51. The van der Waals surface area contributed by atoms with E-state index in [-0.39, 0.29) is 6.04 Å². The normalized spacial score (nSPS) is 12.9. The molecule has 0 spiro atoms. The van der Waals surface area contributed by atoms with Crippen molar-refractivity contribution in [3.8, 4) is 0 Å². The van der Waals surface area contributed by atoms with E-state index in [4.69, 9.17) is 12.2 Å². The molecule has 1 unspecified atom stereocenters. The van der Waals surface area contributed by atoms with Gasteiger partial charge < -0.3 is 0 Å². The third-order valence-corrected chi connectivity index (χ3v) is 2.61. The predicted octanol–water partition coefficient (Wildman–Crippen LogP) is 2.85. The summed E-state index contributed by atoms with van der Waals surface area (Å²) in [6.45, 7) is 2.08. The number of thiocarbonyl (C=S) groups is 1. The molecule has 0 N–H and O–H groups in total. The zero-order valence-corrected chi connectivity index (χ0v) is 10.4. The van der Waals surface area contributed by atoms with Gasteiger partial charge in [0.1, 0.15) is 0 Å². The van der Waals surface area contributed by atoms with Gasteiger partial charge in [-0.2, -0.15) is 0 Å². The van der Waals surface area contributed by atoms with E-state index < -0.39 is 0 Å². The van der Waals surface area contributed by atoms with Crippen molar-refractivity contribution in [1.29, 1.82) is 0 Å². The number of thiol groups is 1. The largest absolute Gasteiger partial charge is 0.297 e. The molecule has 76 valence electrons. The first kappa shape index (κ1) is 11.7. The predicted molar refractivity (Wildman–Crippen MR) is 69.2 cm³/mol. The highest BCUT2D eigenvalue weighted by molar-refractivity contribution is 8.11. The summed E-state index contributed by atoms with van der Waals surface area (Å²) in [4.78, 5) is 2.07. The van der Waals surface area contributed by atoms with Gasteiger partial charge in [-0.25, -0.2) is 0 Å². The van der Waals surface area contributed by atoms with E-state index in [2.05, 4.69) is 48.7 Å².